The maximum absolute atomic E-state index is 12.5. The van der Waals surface area contributed by atoms with E-state index in [-0.39, 0.29) is 12.2 Å². The number of nitrogens with zero attached hydrogens (tertiary/aromatic N) is 2. The van der Waals surface area contributed by atoms with Crippen LogP contribution in [0.25, 0.3) is 0 Å². The molecule has 1 saturated heterocycles. The molecule has 0 atom stereocenters. The van der Waals surface area contributed by atoms with Gasteiger partial charge in [0.2, 0.25) is 5.91 Å². The number of piperazine rings is 1. The number of carbonyl (C=O) groups excluding carboxylic acids is 3. The van der Waals surface area contributed by atoms with Gasteiger partial charge in [0.05, 0.1) is 0 Å². The summed E-state index contributed by atoms with van der Waals surface area (Å²) in [6, 6.07) is 4.96. The second-order valence-electron chi connectivity index (χ2n) is 4.99. The number of carbonyl (C=O) groups is 3. The van der Waals surface area contributed by atoms with E-state index < -0.39 is 23.3 Å². The molecule has 1 aromatic rings. The van der Waals surface area contributed by atoms with Crippen molar-refractivity contribution < 1.29 is 14.4 Å². The second kappa shape index (κ2) is 4.92. The third kappa shape index (κ3) is 2.34. The lowest BCUT2D eigenvalue weighted by molar-refractivity contribution is -0.143. The summed E-state index contributed by atoms with van der Waals surface area (Å²) in [6.07, 6.45) is 0. The molecule has 0 unspecified atom stereocenters. The van der Waals surface area contributed by atoms with Gasteiger partial charge >= 0.3 is 0 Å². The lowest BCUT2D eigenvalue weighted by Gasteiger charge is -2.39. The summed E-state index contributed by atoms with van der Waals surface area (Å²) >= 11 is 0. The summed E-state index contributed by atoms with van der Waals surface area (Å²) in [4.78, 5) is 41.2. The third-order valence-electron chi connectivity index (χ3n) is 3.25. The van der Waals surface area contributed by atoms with Crippen LogP contribution in [-0.4, -0.2) is 46.7 Å². The molecule has 106 valence electrons. The van der Waals surface area contributed by atoms with Gasteiger partial charge in [-0.3, -0.25) is 19.7 Å². The molecule has 3 amide bonds. The molecule has 0 spiro atoms. The van der Waals surface area contributed by atoms with Crippen LogP contribution < -0.4 is 10.6 Å². The van der Waals surface area contributed by atoms with Crippen LogP contribution in [0.4, 0.5) is 5.82 Å². The zero-order valence-corrected chi connectivity index (χ0v) is 11.6. The van der Waals surface area contributed by atoms with Crippen molar-refractivity contribution in [2.24, 2.45) is 0 Å². The molecular formula is C13H16N4O3. The van der Waals surface area contributed by atoms with Crippen molar-refractivity contribution in [1.29, 1.82) is 0 Å². The Balaban J connectivity index is 2.35. The lowest BCUT2D eigenvalue weighted by Crippen LogP contribution is -2.65. The van der Waals surface area contributed by atoms with E-state index in [4.69, 9.17) is 0 Å². The van der Waals surface area contributed by atoms with E-state index in [2.05, 4.69) is 15.6 Å². The van der Waals surface area contributed by atoms with Crippen molar-refractivity contribution in [3.63, 3.8) is 0 Å². The highest BCUT2D eigenvalue weighted by molar-refractivity contribution is 6.08. The van der Waals surface area contributed by atoms with Crippen molar-refractivity contribution in [3.8, 4) is 0 Å². The first kappa shape index (κ1) is 14.0. The van der Waals surface area contributed by atoms with Crippen molar-refractivity contribution in [2.45, 2.75) is 19.4 Å². The number of hydrogen-bond acceptors (Lipinski definition) is 5. The Hall–Kier alpha value is -2.44. The molecule has 1 aliphatic rings. The van der Waals surface area contributed by atoms with Gasteiger partial charge in [-0.1, -0.05) is 6.07 Å². The third-order valence-corrected chi connectivity index (χ3v) is 3.25. The van der Waals surface area contributed by atoms with Crippen molar-refractivity contribution in [1.82, 2.24) is 15.2 Å². The van der Waals surface area contributed by atoms with E-state index in [0.29, 0.717) is 5.82 Å². The molecule has 2 heterocycles. The lowest BCUT2D eigenvalue weighted by atomic mass is 9.98. The largest absolute Gasteiger partial charge is 0.373 e. The summed E-state index contributed by atoms with van der Waals surface area (Å²) in [5.41, 5.74) is -0.907. The van der Waals surface area contributed by atoms with Gasteiger partial charge in [-0.2, -0.15) is 0 Å². The van der Waals surface area contributed by atoms with E-state index in [1.165, 1.54) is 4.90 Å². The Morgan fingerprint density at radius 3 is 2.75 bits per heavy atom. The zero-order chi connectivity index (χ0) is 14.9. The highest BCUT2D eigenvalue weighted by atomic mass is 16.2. The first-order valence-electron chi connectivity index (χ1n) is 6.17. The molecule has 2 N–H and O–H groups in total. The van der Waals surface area contributed by atoms with Gasteiger partial charge < -0.3 is 10.2 Å². The topological polar surface area (TPSA) is 91.4 Å². The van der Waals surface area contributed by atoms with E-state index in [1.807, 2.05) is 0 Å². The van der Waals surface area contributed by atoms with Crippen LogP contribution in [0.5, 0.6) is 0 Å². The van der Waals surface area contributed by atoms with Crippen LogP contribution in [0.15, 0.2) is 18.2 Å². The molecule has 1 aliphatic heterocycles. The number of imide groups is 1. The molecule has 0 aromatic carbocycles. The Morgan fingerprint density at radius 2 is 2.10 bits per heavy atom. The first-order chi connectivity index (χ1) is 9.36. The van der Waals surface area contributed by atoms with Crippen molar-refractivity contribution in [2.75, 3.05) is 18.9 Å². The molecule has 0 aliphatic carbocycles. The minimum atomic E-state index is -1.09. The van der Waals surface area contributed by atoms with Gasteiger partial charge in [0, 0.05) is 7.05 Å². The number of rotatable bonds is 2. The first-order valence-corrected chi connectivity index (χ1v) is 6.17. The highest BCUT2D eigenvalue weighted by Gasteiger charge is 2.44. The normalized spacial score (nSPS) is 17.6. The van der Waals surface area contributed by atoms with Gasteiger partial charge in [-0.05, 0) is 26.0 Å². The Kier molecular flexibility index (Phi) is 3.44. The van der Waals surface area contributed by atoms with Crippen LogP contribution in [0.2, 0.25) is 0 Å². The SMILES string of the molecule is CNc1cccc(C(=O)N2CC(=O)NC(=O)C2(C)C)n1. The molecule has 7 heteroatoms. The van der Waals surface area contributed by atoms with Gasteiger partial charge in [-0.15, -0.1) is 0 Å². The maximum Gasteiger partial charge on any atom is 0.273 e. The summed E-state index contributed by atoms with van der Waals surface area (Å²) in [5.74, 6) is -0.893. The molecular weight excluding hydrogens is 260 g/mol. The van der Waals surface area contributed by atoms with Crippen LogP contribution in [0.1, 0.15) is 24.3 Å². The standard InChI is InChI=1S/C13H16N4O3/c1-13(2)12(20)16-10(18)7-17(13)11(19)8-5-4-6-9(14-3)15-8/h4-6H,7H2,1-3H3,(H,14,15)(H,16,18,20). The number of aromatic nitrogens is 1. The molecule has 7 nitrogen and oxygen atoms in total. The number of hydrogen-bond donors (Lipinski definition) is 2. The predicted octanol–water partition coefficient (Wildman–Crippen LogP) is 0.000500. The van der Waals surface area contributed by atoms with E-state index in [1.54, 1.807) is 39.1 Å². The molecule has 1 aromatic heterocycles. The number of nitrogens with one attached hydrogen (secondary N) is 2. The summed E-state index contributed by atoms with van der Waals surface area (Å²) in [7, 11) is 1.69. The van der Waals surface area contributed by atoms with Crippen LogP contribution in [0.3, 0.4) is 0 Å². The summed E-state index contributed by atoms with van der Waals surface area (Å²) in [6.45, 7) is 3.02. The molecule has 1 fully saturated rings. The van der Waals surface area contributed by atoms with Crippen molar-refractivity contribution in [3.05, 3.63) is 23.9 Å². The van der Waals surface area contributed by atoms with Gasteiger partial charge in [0.25, 0.3) is 11.8 Å². The second-order valence-corrected chi connectivity index (χ2v) is 4.99. The quantitative estimate of drug-likeness (QED) is 0.742. The Labute approximate surface area is 116 Å². The maximum atomic E-state index is 12.5. The fraction of sp³-hybridized carbons (Fsp3) is 0.385. The van der Waals surface area contributed by atoms with E-state index >= 15 is 0 Å². The summed E-state index contributed by atoms with van der Waals surface area (Å²) in [5, 5.41) is 5.06. The molecule has 0 bridgehead atoms. The van der Waals surface area contributed by atoms with Crippen LogP contribution in [0, 0.1) is 0 Å². The zero-order valence-electron chi connectivity index (χ0n) is 11.6. The predicted molar refractivity (Wildman–Crippen MR) is 72.0 cm³/mol. The molecule has 0 radical (unpaired) electrons. The van der Waals surface area contributed by atoms with Gasteiger partial charge in [0.15, 0.2) is 0 Å². The average molecular weight is 276 g/mol. The van der Waals surface area contributed by atoms with E-state index in [9.17, 15) is 14.4 Å². The summed E-state index contributed by atoms with van der Waals surface area (Å²) < 4.78 is 0. The monoisotopic (exact) mass is 276 g/mol. The fourth-order valence-electron chi connectivity index (χ4n) is 1.94. The minimum absolute atomic E-state index is 0.164. The molecule has 0 saturated carbocycles. The number of pyridine rings is 1. The van der Waals surface area contributed by atoms with Crippen molar-refractivity contribution >= 4 is 23.5 Å². The minimum Gasteiger partial charge on any atom is -0.373 e. The number of amides is 3. The number of anilines is 1. The molecule has 20 heavy (non-hydrogen) atoms. The average Bonchev–Trinajstić information content (AvgIpc) is 2.42. The Morgan fingerprint density at radius 1 is 1.40 bits per heavy atom. The highest BCUT2D eigenvalue weighted by Crippen LogP contribution is 2.20. The molecule has 2 rings (SSSR count). The Bertz CT molecular complexity index is 583. The van der Waals surface area contributed by atoms with Crippen LogP contribution >= 0.6 is 0 Å². The van der Waals surface area contributed by atoms with Crippen LogP contribution in [-0.2, 0) is 9.59 Å². The van der Waals surface area contributed by atoms with Gasteiger partial charge in [0.1, 0.15) is 23.6 Å². The van der Waals surface area contributed by atoms with Gasteiger partial charge in [-0.25, -0.2) is 4.98 Å². The fourth-order valence-corrected chi connectivity index (χ4v) is 1.94. The smallest absolute Gasteiger partial charge is 0.273 e. The van der Waals surface area contributed by atoms with E-state index in [0.717, 1.165) is 0 Å².